The van der Waals surface area contributed by atoms with Crippen molar-refractivity contribution >= 4 is 16.8 Å². The summed E-state index contributed by atoms with van der Waals surface area (Å²) in [6.45, 7) is 0.824. The van der Waals surface area contributed by atoms with Gasteiger partial charge in [-0.1, -0.05) is 30.3 Å². The third-order valence-corrected chi connectivity index (χ3v) is 5.20. The monoisotopic (exact) mass is 360 g/mol. The first-order chi connectivity index (χ1) is 13.3. The van der Waals surface area contributed by atoms with Crippen molar-refractivity contribution in [3.63, 3.8) is 0 Å². The number of amides is 1. The summed E-state index contributed by atoms with van der Waals surface area (Å²) in [5, 5.41) is 3.97. The number of aryl methyl sites for hydroxylation is 1. The molecular weight excluding hydrogens is 340 g/mol. The Hall–Kier alpha value is -3.08. The van der Waals surface area contributed by atoms with Crippen LogP contribution in [0, 0.1) is 0 Å². The highest BCUT2D eigenvalue weighted by atomic mass is 16.6. The minimum Gasteiger partial charge on any atom is -0.486 e. The zero-order valence-electron chi connectivity index (χ0n) is 14.9. The Bertz CT molecular complexity index is 1030. The predicted molar refractivity (Wildman–Crippen MR) is 102 cm³/mol. The lowest BCUT2D eigenvalue weighted by molar-refractivity contribution is 0.0789. The number of fused-ring (bicyclic) bond motifs is 3. The summed E-state index contributed by atoms with van der Waals surface area (Å²) in [5.41, 5.74) is 3.81. The average molecular weight is 360 g/mol. The average Bonchev–Trinajstić information content (AvgIpc) is 3.18. The van der Waals surface area contributed by atoms with Gasteiger partial charge in [0.15, 0.2) is 11.5 Å². The topological polar surface area (TPSA) is 60.5 Å². The largest absolute Gasteiger partial charge is 0.486 e. The number of carbonyl (C=O) groups is 1. The number of pyridine rings is 1. The summed E-state index contributed by atoms with van der Waals surface area (Å²) in [7, 11) is 0. The first-order valence-electron chi connectivity index (χ1n) is 9.37. The van der Waals surface area contributed by atoms with Gasteiger partial charge in [-0.3, -0.25) is 9.78 Å². The van der Waals surface area contributed by atoms with Gasteiger partial charge in [-0.2, -0.15) is 0 Å². The van der Waals surface area contributed by atoms with Crippen molar-refractivity contribution in [1.82, 2.24) is 10.3 Å². The van der Waals surface area contributed by atoms with Gasteiger partial charge in [0.05, 0.1) is 17.6 Å². The Balaban J connectivity index is 1.38. The molecule has 5 nitrogen and oxygen atoms in total. The summed E-state index contributed by atoms with van der Waals surface area (Å²) >= 11 is 0. The van der Waals surface area contributed by atoms with Crippen molar-refractivity contribution in [1.29, 1.82) is 0 Å². The summed E-state index contributed by atoms with van der Waals surface area (Å²) in [6, 6.07) is 15.5. The fourth-order valence-corrected chi connectivity index (χ4v) is 3.93. The van der Waals surface area contributed by atoms with Crippen LogP contribution in [-0.4, -0.2) is 30.1 Å². The minimum absolute atomic E-state index is 0.0609. The molecule has 0 unspecified atom stereocenters. The van der Waals surface area contributed by atoms with Crippen LogP contribution in [0.5, 0.6) is 11.5 Å². The van der Waals surface area contributed by atoms with Gasteiger partial charge in [0.2, 0.25) is 0 Å². The molecule has 2 aromatic carbocycles. The van der Waals surface area contributed by atoms with Crippen molar-refractivity contribution in [2.45, 2.75) is 25.4 Å². The summed E-state index contributed by atoms with van der Waals surface area (Å²) in [5.74, 6) is 1.41. The van der Waals surface area contributed by atoms with Crippen LogP contribution in [0.4, 0.5) is 0 Å². The maximum absolute atomic E-state index is 13.1. The van der Waals surface area contributed by atoms with Gasteiger partial charge in [-0.25, -0.2) is 0 Å². The van der Waals surface area contributed by atoms with Crippen molar-refractivity contribution in [2.24, 2.45) is 0 Å². The SMILES string of the molecule is O=C(NC[C@H]1COc2ccccc2O1)c1c2c(nc3ccccc13)CCC2. The zero-order valence-corrected chi connectivity index (χ0v) is 14.9. The fraction of sp³-hybridized carbons (Fsp3) is 0.273. The van der Waals surface area contributed by atoms with Crippen LogP contribution in [0.2, 0.25) is 0 Å². The molecule has 1 aliphatic heterocycles. The van der Waals surface area contributed by atoms with Crippen LogP contribution in [-0.2, 0) is 12.8 Å². The van der Waals surface area contributed by atoms with E-state index in [0.717, 1.165) is 58.5 Å². The van der Waals surface area contributed by atoms with Crippen LogP contribution in [0.25, 0.3) is 10.9 Å². The Labute approximate surface area is 157 Å². The van der Waals surface area contributed by atoms with Gasteiger partial charge in [0.1, 0.15) is 12.7 Å². The number of benzene rings is 2. The molecule has 27 heavy (non-hydrogen) atoms. The second-order valence-corrected chi connectivity index (χ2v) is 6.99. The van der Waals surface area contributed by atoms with E-state index in [1.807, 2.05) is 48.5 Å². The number of hydrogen-bond donors (Lipinski definition) is 1. The maximum Gasteiger partial charge on any atom is 0.252 e. The van der Waals surface area contributed by atoms with Gasteiger partial charge in [0.25, 0.3) is 5.91 Å². The minimum atomic E-state index is -0.204. The summed E-state index contributed by atoms with van der Waals surface area (Å²) in [4.78, 5) is 17.8. The molecular formula is C22H20N2O3. The Morgan fingerprint density at radius 1 is 1.07 bits per heavy atom. The highest BCUT2D eigenvalue weighted by Gasteiger charge is 2.25. The smallest absolute Gasteiger partial charge is 0.252 e. The standard InChI is InChI=1S/C22H20N2O3/c25-22(23-12-14-13-26-19-10-3-4-11-20(19)27-14)21-15-6-1-2-8-17(15)24-18-9-5-7-16(18)21/h1-4,6,8,10-11,14H,5,7,9,12-13H2,(H,23,25)/t14-/m0/s1. The Morgan fingerprint density at radius 2 is 1.89 bits per heavy atom. The normalized spacial score (nSPS) is 17.6. The molecule has 1 amide bonds. The van der Waals surface area contributed by atoms with Crippen LogP contribution < -0.4 is 14.8 Å². The van der Waals surface area contributed by atoms with Crippen molar-refractivity contribution in [3.05, 3.63) is 65.4 Å². The number of para-hydroxylation sites is 3. The second kappa shape index (κ2) is 6.58. The van der Waals surface area contributed by atoms with E-state index in [1.54, 1.807) is 0 Å². The molecule has 0 radical (unpaired) electrons. The Kier molecular flexibility index (Phi) is 3.93. The molecule has 5 heteroatoms. The molecule has 1 aromatic heterocycles. The summed E-state index contributed by atoms with van der Waals surface area (Å²) < 4.78 is 11.7. The highest BCUT2D eigenvalue weighted by Crippen LogP contribution is 2.31. The molecule has 2 aliphatic rings. The van der Waals surface area contributed by atoms with Crippen molar-refractivity contribution in [2.75, 3.05) is 13.2 Å². The molecule has 0 spiro atoms. The lowest BCUT2D eigenvalue weighted by atomic mass is 10.0. The van der Waals surface area contributed by atoms with E-state index < -0.39 is 0 Å². The van der Waals surface area contributed by atoms with Crippen molar-refractivity contribution in [3.8, 4) is 11.5 Å². The third-order valence-electron chi connectivity index (χ3n) is 5.20. The molecule has 0 fully saturated rings. The van der Waals surface area contributed by atoms with Gasteiger partial charge < -0.3 is 14.8 Å². The quantitative estimate of drug-likeness (QED) is 0.779. The number of hydrogen-bond acceptors (Lipinski definition) is 4. The van der Waals surface area contributed by atoms with Gasteiger partial charge >= 0.3 is 0 Å². The van der Waals surface area contributed by atoms with E-state index in [1.165, 1.54) is 0 Å². The number of nitrogens with zero attached hydrogens (tertiary/aromatic N) is 1. The van der Waals surface area contributed by atoms with E-state index in [2.05, 4.69) is 5.32 Å². The van der Waals surface area contributed by atoms with Crippen LogP contribution in [0.15, 0.2) is 48.5 Å². The number of ether oxygens (including phenoxy) is 2. The number of aromatic nitrogens is 1. The molecule has 5 rings (SSSR count). The zero-order chi connectivity index (χ0) is 18.2. The maximum atomic E-state index is 13.1. The van der Waals surface area contributed by atoms with Crippen LogP contribution in [0.1, 0.15) is 28.0 Å². The first-order valence-corrected chi connectivity index (χ1v) is 9.37. The summed E-state index contributed by atoms with van der Waals surface area (Å²) in [6.07, 6.45) is 2.70. The number of nitrogens with one attached hydrogen (secondary N) is 1. The fourth-order valence-electron chi connectivity index (χ4n) is 3.93. The van der Waals surface area contributed by atoms with Gasteiger partial charge in [-0.15, -0.1) is 0 Å². The lowest BCUT2D eigenvalue weighted by Crippen LogP contribution is -2.41. The van der Waals surface area contributed by atoms with Gasteiger partial charge in [0, 0.05) is 11.1 Å². The Morgan fingerprint density at radius 3 is 2.81 bits per heavy atom. The van der Waals surface area contributed by atoms with Crippen LogP contribution in [0.3, 0.4) is 0 Å². The van der Waals surface area contributed by atoms with Crippen LogP contribution >= 0.6 is 0 Å². The predicted octanol–water partition coefficient (Wildman–Crippen LogP) is 3.29. The second-order valence-electron chi connectivity index (χ2n) is 6.99. The van der Waals surface area contributed by atoms with Gasteiger partial charge in [-0.05, 0) is 43.0 Å². The molecule has 136 valence electrons. The number of rotatable bonds is 3. The molecule has 0 saturated heterocycles. The van der Waals surface area contributed by atoms with E-state index >= 15 is 0 Å². The molecule has 3 aromatic rings. The van der Waals surface area contributed by atoms with E-state index in [0.29, 0.717) is 13.2 Å². The molecule has 1 N–H and O–H groups in total. The first kappa shape index (κ1) is 16.1. The van der Waals surface area contributed by atoms with E-state index in [4.69, 9.17) is 14.5 Å². The van der Waals surface area contributed by atoms with Crippen molar-refractivity contribution < 1.29 is 14.3 Å². The highest BCUT2D eigenvalue weighted by molar-refractivity contribution is 6.07. The molecule has 1 atom stereocenters. The molecule has 1 aliphatic carbocycles. The molecule has 0 bridgehead atoms. The van der Waals surface area contributed by atoms with E-state index in [9.17, 15) is 4.79 Å². The molecule has 2 heterocycles. The lowest BCUT2D eigenvalue weighted by Gasteiger charge is -2.26. The van der Waals surface area contributed by atoms with E-state index in [-0.39, 0.29) is 12.0 Å². The third kappa shape index (κ3) is 2.89. The number of carbonyl (C=O) groups excluding carboxylic acids is 1. The molecule has 0 saturated carbocycles.